The summed E-state index contributed by atoms with van der Waals surface area (Å²) in [6.07, 6.45) is 6.62. The summed E-state index contributed by atoms with van der Waals surface area (Å²) in [4.78, 5) is 15.8. The van der Waals surface area contributed by atoms with Gasteiger partial charge in [-0.2, -0.15) is 5.10 Å². The summed E-state index contributed by atoms with van der Waals surface area (Å²) in [7, 11) is 0. The molecule has 1 aromatic rings. The van der Waals surface area contributed by atoms with Crippen LogP contribution in [0.4, 0.5) is 0 Å². The molecule has 2 aliphatic carbocycles. The van der Waals surface area contributed by atoms with Crippen molar-refractivity contribution in [3.05, 3.63) is 6.33 Å². The molecule has 2 aliphatic rings. The Morgan fingerprint density at radius 2 is 2.47 bits per heavy atom. The van der Waals surface area contributed by atoms with Crippen molar-refractivity contribution in [3.8, 4) is 0 Å². The molecule has 1 amide bonds. The topological polar surface area (TPSA) is 70.7 Å². The average molecular weight is 252 g/mol. The Hall–Kier alpha value is -1.04. The third-order valence-electron chi connectivity index (χ3n) is 3.82. The van der Waals surface area contributed by atoms with Crippen LogP contribution in [0.5, 0.6) is 0 Å². The number of carbonyl (C=O) groups is 1. The molecular weight excluding hydrogens is 236 g/mol. The minimum absolute atomic E-state index is 0.115. The lowest BCUT2D eigenvalue weighted by Gasteiger charge is -2.22. The highest BCUT2D eigenvalue weighted by Gasteiger charge is 2.39. The van der Waals surface area contributed by atoms with Crippen molar-refractivity contribution >= 4 is 17.7 Å². The van der Waals surface area contributed by atoms with E-state index in [1.54, 1.807) is 0 Å². The Labute approximate surface area is 104 Å². The van der Waals surface area contributed by atoms with E-state index in [2.05, 4.69) is 20.5 Å². The number of amides is 1. The standard InChI is InChI=1S/C11H16N4OS/c16-10(5-17-11-12-6-13-15-11)14-9-4-7-1-2-8(9)3-7/h6-9H,1-5H2,(H,14,16)(H,12,13,15)/t7-,8+,9+/m0/s1. The fraction of sp³-hybridized carbons (Fsp3) is 0.727. The van der Waals surface area contributed by atoms with E-state index in [-0.39, 0.29) is 5.91 Å². The first-order valence-electron chi connectivity index (χ1n) is 6.09. The highest BCUT2D eigenvalue weighted by atomic mass is 32.2. The van der Waals surface area contributed by atoms with Gasteiger partial charge in [0.2, 0.25) is 5.91 Å². The Bertz CT molecular complexity index is 394. The molecular formula is C11H16N4OS. The second-order valence-corrected chi connectivity index (χ2v) is 5.89. The quantitative estimate of drug-likeness (QED) is 0.790. The second-order valence-electron chi connectivity index (χ2n) is 4.93. The maximum absolute atomic E-state index is 11.8. The van der Waals surface area contributed by atoms with E-state index in [1.807, 2.05) is 0 Å². The Kier molecular flexibility index (Phi) is 3.05. The molecule has 3 rings (SSSR count). The molecule has 5 nitrogen and oxygen atoms in total. The lowest BCUT2D eigenvalue weighted by atomic mass is 9.95. The number of thioether (sulfide) groups is 1. The molecule has 6 heteroatoms. The lowest BCUT2D eigenvalue weighted by molar-refractivity contribution is -0.119. The van der Waals surface area contributed by atoms with Gasteiger partial charge in [0.15, 0.2) is 5.16 Å². The van der Waals surface area contributed by atoms with E-state index in [0.29, 0.717) is 17.0 Å². The summed E-state index contributed by atoms with van der Waals surface area (Å²) < 4.78 is 0. The van der Waals surface area contributed by atoms with E-state index in [9.17, 15) is 4.79 Å². The number of rotatable bonds is 4. The Balaban J connectivity index is 1.44. The number of hydrogen-bond donors (Lipinski definition) is 2. The first-order chi connectivity index (χ1) is 8.31. The Morgan fingerprint density at radius 1 is 1.53 bits per heavy atom. The number of aromatic nitrogens is 3. The first-order valence-corrected chi connectivity index (χ1v) is 7.07. The van der Waals surface area contributed by atoms with Gasteiger partial charge >= 0.3 is 0 Å². The van der Waals surface area contributed by atoms with Gasteiger partial charge in [-0.3, -0.25) is 9.89 Å². The van der Waals surface area contributed by atoms with E-state index < -0.39 is 0 Å². The van der Waals surface area contributed by atoms with Gasteiger partial charge in [0.1, 0.15) is 6.33 Å². The third-order valence-corrected chi connectivity index (χ3v) is 4.69. The maximum atomic E-state index is 11.8. The summed E-state index contributed by atoms with van der Waals surface area (Å²) in [5.41, 5.74) is 0. The van der Waals surface area contributed by atoms with Crippen molar-refractivity contribution in [1.82, 2.24) is 20.5 Å². The van der Waals surface area contributed by atoms with Gasteiger partial charge in [-0.15, -0.1) is 0 Å². The van der Waals surface area contributed by atoms with E-state index in [1.165, 1.54) is 43.8 Å². The van der Waals surface area contributed by atoms with Gasteiger partial charge in [-0.05, 0) is 31.1 Å². The van der Waals surface area contributed by atoms with Crippen molar-refractivity contribution in [1.29, 1.82) is 0 Å². The molecule has 2 fully saturated rings. The Morgan fingerprint density at radius 3 is 3.12 bits per heavy atom. The fourth-order valence-corrected chi connectivity index (χ4v) is 3.66. The first kappa shape index (κ1) is 11.1. The van der Waals surface area contributed by atoms with Crippen molar-refractivity contribution in [2.75, 3.05) is 5.75 Å². The number of nitrogens with one attached hydrogen (secondary N) is 2. The smallest absolute Gasteiger partial charge is 0.230 e. The lowest BCUT2D eigenvalue weighted by Crippen LogP contribution is -2.39. The molecule has 0 unspecified atom stereocenters. The number of fused-ring (bicyclic) bond motifs is 2. The monoisotopic (exact) mass is 252 g/mol. The predicted octanol–water partition coefficient (Wildman–Crippen LogP) is 1.20. The molecule has 2 bridgehead atoms. The van der Waals surface area contributed by atoms with Crippen LogP contribution in [-0.4, -0.2) is 32.9 Å². The van der Waals surface area contributed by atoms with Crippen LogP contribution >= 0.6 is 11.8 Å². The summed E-state index contributed by atoms with van der Waals surface area (Å²) in [5, 5.41) is 10.3. The number of hydrogen-bond acceptors (Lipinski definition) is 4. The zero-order valence-corrected chi connectivity index (χ0v) is 10.4. The van der Waals surface area contributed by atoms with Crippen molar-refractivity contribution in [2.24, 2.45) is 11.8 Å². The van der Waals surface area contributed by atoms with Crippen molar-refractivity contribution < 1.29 is 4.79 Å². The molecule has 0 saturated heterocycles. The minimum Gasteiger partial charge on any atom is -0.352 e. The van der Waals surface area contributed by atoms with Gasteiger partial charge in [0.05, 0.1) is 5.75 Å². The molecule has 0 aliphatic heterocycles. The van der Waals surface area contributed by atoms with Crippen LogP contribution in [-0.2, 0) is 4.79 Å². The number of carbonyl (C=O) groups excluding carboxylic acids is 1. The van der Waals surface area contributed by atoms with Crippen LogP contribution in [0.1, 0.15) is 25.7 Å². The maximum Gasteiger partial charge on any atom is 0.230 e. The fourth-order valence-electron chi connectivity index (χ4n) is 3.07. The molecule has 17 heavy (non-hydrogen) atoms. The number of nitrogens with zero attached hydrogens (tertiary/aromatic N) is 2. The van der Waals surface area contributed by atoms with Crippen molar-refractivity contribution in [2.45, 2.75) is 36.9 Å². The molecule has 2 N–H and O–H groups in total. The predicted molar refractivity (Wildman–Crippen MR) is 64.5 cm³/mol. The highest BCUT2D eigenvalue weighted by Crippen LogP contribution is 2.44. The molecule has 0 radical (unpaired) electrons. The van der Waals surface area contributed by atoms with Gasteiger partial charge in [-0.1, -0.05) is 18.2 Å². The van der Waals surface area contributed by atoms with Gasteiger partial charge in [0.25, 0.3) is 0 Å². The number of aromatic amines is 1. The highest BCUT2D eigenvalue weighted by molar-refractivity contribution is 7.99. The van der Waals surface area contributed by atoms with Crippen LogP contribution < -0.4 is 5.32 Å². The van der Waals surface area contributed by atoms with Gasteiger partial charge in [-0.25, -0.2) is 4.98 Å². The molecule has 1 heterocycles. The van der Waals surface area contributed by atoms with Crippen LogP contribution in [0.15, 0.2) is 11.5 Å². The van der Waals surface area contributed by atoms with E-state index in [0.717, 1.165) is 11.8 Å². The van der Waals surface area contributed by atoms with Gasteiger partial charge < -0.3 is 5.32 Å². The molecule has 0 spiro atoms. The third kappa shape index (κ3) is 2.46. The molecule has 1 aromatic heterocycles. The summed E-state index contributed by atoms with van der Waals surface area (Å²) in [5.74, 6) is 2.14. The average Bonchev–Trinajstić information content (AvgIpc) is 3.03. The summed E-state index contributed by atoms with van der Waals surface area (Å²) in [6, 6.07) is 0.427. The van der Waals surface area contributed by atoms with E-state index in [4.69, 9.17) is 0 Å². The summed E-state index contributed by atoms with van der Waals surface area (Å²) >= 11 is 1.40. The normalized spacial score (nSPS) is 30.7. The van der Waals surface area contributed by atoms with Crippen LogP contribution in [0.3, 0.4) is 0 Å². The van der Waals surface area contributed by atoms with Crippen LogP contribution in [0, 0.1) is 11.8 Å². The number of H-pyrrole nitrogens is 1. The molecule has 3 atom stereocenters. The van der Waals surface area contributed by atoms with Crippen LogP contribution in [0.25, 0.3) is 0 Å². The molecule has 92 valence electrons. The van der Waals surface area contributed by atoms with E-state index >= 15 is 0 Å². The minimum atomic E-state index is 0.115. The second kappa shape index (κ2) is 4.68. The molecule has 2 saturated carbocycles. The summed E-state index contributed by atoms with van der Waals surface area (Å²) in [6.45, 7) is 0. The molecule has 0 aromatic carbocycles. The largest absolute Gasteiger partial charge is 0.352 e. The SMILES string of the molecule is O=C(CSc1ncn[nH]1)N[C@@H]1C[C@H]2CC[C@@H]1C2. The zero-order chi connectivity index (χ0) is 11.7. The van der Waals surface area contributed by atoms with Crippen molar-refractivity contribution in [3.63, 3.8) is 0 Å². The van der Waals surface area contributed by atoms with Gasteiger partial charge in [0, 0.05) is 6.04 Å². The van der Waals surface area contributed by atoms with Crippen LogP contribution in [0.2, 0.25) is 0 Å². The zero-order valence-electron chi connectivity index (χ0n) is 9.56.